The molecule has 4 aromatic rings. The Hall–Kier alpha value is -2.54. The minimum absolute atomic E-state index is 0.132. The highest BCUT2D eigenvalue weighted by Crippen LogP contribution is 2.17. The summed E-state index contributed by atoms with van der Waals surface area (Å²) in [6.45, 7) is 4.09. The zero-order valence-corrected chi connectivity index (χ0v) is 17.7. The quantitative estimate of drug-likeness (QED) is 0.436. The third-order valence-corrected chi connectivity index (χ3v) is 5.90. The molecule has 0 radical (unpaired) electrons. The fourth-order valence-electron chi connectivity index (χ4n) is 3.21. The zero-order chi connectivity index (χ0) is 20.2. The number of aromatic nitrogens is 3. The molecule has 5 nitrogen and oxygen atoms in total. The van der Waals surface area contributed by atoms with E-state index in [1.807, 2.05) is 49.4 Å². The van der Waals surface area contributed by atoms with Crippen LogP contribution < -0.4 is 5.56 Å². The van der Waals surface area contributed by atoms with Crippen molar-refractivity contribution < 1.29 is 0 Å². The number of halogens is 1. The van der Waals surface area contributed by atoms with E-state index in [1.165, 1.54) is 21.4 Å². The van der Waals surface area contributed by atoms with E-state index in [4.69, 9.17) is 16.6 Å². The van der Waals surface area contributed by atoms with Gasteiger partial charge in [0.1, 0.15) is 5.01 Å². The number of fused-ring (bicyclic) bond motifs is 1. The van der Waals surface area contributed by atoms with Gasteiger partial charge in [0.05, 0.1) is 5.69 Å². The molecule has 148 valence electrons. The number of benzene rings is 2. The number of hydrogen-bond acceptors (Lipinski definition) is 5. The summed E-state index contributed by atoms with van der Waals surface area (Å²) in [4.78, 5) is 20.1. The van der Waals surface area contributed by atoms with Crippen LogP contribution in [0.2, 0.25) is 5.02 Å². The number of nitrogens with zero attached hydrogens (tertiary/aromatic N) is 4. The summed E-state index contributed by atoms with van der Waals surface area (Å²) in [5, 5.41) is 5.96. The monoisotopic (exact) mass is 424 g/mol. The summed E-state index contributed by atoms with van der Waals surface area (Å²) in [7, 11) is 0. The second-order valence-corrected chi connectivity index (χ2v) is 8.36. The van der Waals surface area contributed by atoms with Crippen molar-refractivity contribution >= 4 is 27.9 Å². The van der Waals surface area contributed by atoms with Crippen LogP contribution in [0, 0.1) is 0 Å². The minimum Gasteiger partial charge on any atom is -0.289 e. The number of hydrogen-bond donors (Lipinski definition) is 0. The van der Waals surface area contributed by atoms with Crippen molar-refractivity contribution in [3.63, 3.8) is 0 Å². The first kappa shape index (κ1) is 19.8. The van der Waals surface area contributed by atoms with Crippen molar-refractivity contribution in [2.24, 2.45) is 0 Å². The van der Waals surface area contributed by atoms with Crippen molar-refractivity contribution in [2.45, 2.75) is 33.0 Å². The molecule has 2 heterocycles. The summed E-state index contributed by atoms with van der Waals surface area (Å²) >= 11 is 7.50. The van der Waals surface area contributed by atoms with Crippen molar-refractivity contribution in [3.05, 3.63) is 97.9 Å². The molecule has 0 atom stereocenters. The number of aryl methyl sites for hydroxylation is 1. The van der Waals surface area contributed by atoms with Gasteiger partial charge in [-0.05, 0) is 29.7 Å². The molecule has 0 saturated carbocycles. The highest BCUT2D eigenvalue weighted by molar-refractivity contribution is 7.16. The van der Waals surface area contributed by atoms with E-state index in [0.29, 0.717) is 11.5 Å². The molecule has 0 aliphatic rings. The summed E-state index contributed by atoms with van der Waals surface area (Å²) in [6.07, 6.45) is 0.791. The summed E-state index contributed by atoms with van der Waals surface area (Å²) in [5.41, 5.74) is 3.00. The third kappa shape index (κ3) is 4.90. The lowest BCUT2D eigenvalue weighted by Gasteiger charge is -2.22. The topological polar surface area (TPSA) is 50.5 Å². The first-order valence-corrected chi connectivity index (χ1v) is 10.7. The van der Waals surface area contributed by atoms with E-state index in [-0.39, 0.29) is 5.56 Å². The largest absolute Gasteiger partial charge is 0.289 e. The standard InChI is InChI=1S/C22H21ClN4OS/c1-2-20-25-27-21(28)12-19(24-22(27)29-20)15-26(13-16-6-4-3-5-7-16)14-17-8-10-18(23)11-9-17/h3-12H,2,13-15H2,1H3. The van der Waals surface area contributed by atoms with Gasteiger partial charge in [-0.1, -0.05) is 72.3 Å². The van der Waals surface area contributed by atoms with E-state index in [9.17, 15) is 4.79 Å². The first-order valence-electron chi connectivity index (χ1n) is 9.50. The van der Waals surface area contributed by atoms with Crippen LogP contribution in [-0.4, -0.2) is 19.5 Å². The van der Waals surface area contributed by atoms with E-state index in [2.05, 4.69) is 22.1 Å². The predicted molar refractivity (Wildman–Crippen MR) is 117 cm³/mol. The average molecular weight is 425 g/mol. The third-order valence-electron chi connectivity index (χ3n) is 4.60. The van der Waals surface area contributed by atoms with Crippen LogP contribution in [0.1, 0.15) is 28.8 Å². The molecule has 7 heteroatoms. The second kappa shape index (κ2) is 8.86. The van der Waals surface area contributed by atoms with Gasteiger partial charge in [0.25, 0.3) is 5.56 Å². The summed E-state index contributed by atoms with van der Waals surface area (Å²) < 4.78 is 1.40. The van der Waals surface area contributed by atoms with Gasteiger partial charge >= 0.3 is 0 Å². The fourth-order valence-corrected chi connectivity index (χ4v) is 4.19. The minimum atomic E-state index is -0.132. The normalized spacial score (nSPS) is 11.4. The molecule has 0 fully saturated rings. The summed E-state index contributed by atoms with van der Waals surface area (Å²) in [6, 6.07) is 19.8. The lowest BCUT2D eigenvalue weighted by molar-refractivity contribution is 0.244. The maximum absolute atomic E-state index is 12.5. The molecule has 0 N–H and O–H groups in total. The molecule has 0 saturated heterocycles. The SMILES string of the molecule is CCc1nn2c(=O)cc(CN(Cc3ccccc3)Cc3ccc(Cl)cc3)nc2s1. The van der Waals surface area contributed by atoms with Crippen molar-refractivity contribution in [1.82, 2.24) is 19.5 Å². The van der Waals surface area contributed by atoms with E-state index < -0.39 is 0 Å². The van der Waals surface area contributed by atoms with E-state index >= 15 is 0 Å². The highest BCUT2D eigenvalue weighted by atomic mass is 35.5. The molecule has 0 unspecified atom stereocenters. The Morgan fingerprint density at radius 1 is 1.00 bits per heavy atom. The van der Waals surface area contributed by atoms with Gasteiger partial charge in [0.15, 0.2) is 0 Å². The van der Waals surface area contributed by atoms with Gasteiger partial charge in [-0.15, -0.1) is 0 Å². The molecule has 0 spiro atoms. The Bertz CT molecular complexity index is 1160. The van der Waals surface area contributed by atoms with Crippen LogP contribution >= 0.6 is 22.9 Å². The van der Waals surface area contributed by atoms with Crippen LogP contribution in [0.15, 0.2) is 65.5 Å². The van der Waals surface area contributed by atoms with Gasteiger partial charge in [0, 0.05) is 30.7 Å². The van der Waals surface area contributed by atoms with Crippen molar-refractivity contribution in [2.75, 3.05) is 0 Å². The molecule has 0 aliphatic carbocycles. The number of rotatable bonds is 7. The van der Waals surface area contributed by atoms with Gasteiger partial charge in [-0.2, -0.15) is 9.61 Å². The van der Waals surface area contributed by atoms with Crippen LogP contribution in [0.25, 0.3) is 4.96 Å². The first-order chi connectivity index (χ1) is 14.1. The van der Waals surface area contributed by atoms with Gasteiger partial charge in [-0.3, -0.25) is 9.69 Å². The lowest BCUT2D eigenvalue weighted by Crippen LogP contribution is -2.25. The van der Waals surface area contributed by atoms with Crippen molar-refractivity contribution in [1.29, 1.82) is 0 Å². The summed E-state index contributed by atoms with van der Waals surface area (Å²) in [5.74, 6) is 0. The van der Waals surface area contributed by atoms with Crippen LogP contribution in [0.3, 0.4) is 0 Å². The molecule has 0 bridgehead atoms. The van der Waals surface area contributed by atoms with Gasteiger partial charge in [0.2, 0.25) is 4.96 Å². The van der Waals surface area contributed by atoms with Crippen LogP contribution in [0.5, 0.6) is 0 Å². The zero-order valence-electron chi connectivity index (χ0n) is 16.1. The fraction of sp³-hybridized carbons (Fsp3) is 0.227. The van der Waals surface area contributed by atoms with Crippen molar-refractivity contribution in [3.8, 4) is 0 Å². The highest BCUT2D eigenvalue weighted by Gasteiger charge is 2.13. The lowest BCUT2D eigenvalue weighted by atomic mass is 10.1. The van der Waals surface area contributed by atoms with Crippen LogP contribution in [0.4, 0.5) is 0 Å². The average Bonchev–Trinajstić information content (AvgIpc) is 3.14. The Morgan fingerprint density at radius 2 is 1.69 bits per heavy atom. The van der Waals surface area contributed by atoms with Gasteiger partial charge < -0.3 is 0 Å². The maximum Gasteiger partial charge on any atom is 0.275 e. The Balaban J connectivity index is 1.62. The maximum atomic E-state index is 12.5. The van der Waals surface area contributed by atoms with Gasteiger partial charge in [-0.25, -0.2) is 4.98 Å². The molecule has 2 aromatic heterocycles. The molecular weight excluding hydrogens is 404 g/mol. The Morgan fingerprint density at radius 3 is 2.38 bits per heavy atom. The molecular formula is C22H21ClN4OS. The smallest absolute Gasteiger partial charge is 0.275 e. The van der Waals surface area contributed by atoms with Crippen LogP contribution in [-0.2, 0) is 26.1 Å². The molecule has 0 aliphatic heterocycles. The molecule has 2 aromatic carbocycles. The molecule has 4 rings (SSSR count). The molecule has 0 amide bonds. The molecule has 29 heavy (non-hydrogen) atoms. The predicted octanol–water partition coefficient (Wildman–Crippen LogP) is 4.57. The Kier molecular flexibility index (Phi) is 6.04. The Labute approximate surface area is 178 Å². The second-order valence-electron chi connectivity index (χ2n) is 6.89. The van der Waals surface area contributed by atoms with E-state index in [1.54, 1.807) is 6.07 Å². The van der Waals surface area contributed by atoms with E-state index in [0.717, 1.165) is 40.8 Å².